The van der Waals surface area contributed by atoms with E-state index in [2.05, 4.69) is 35.5 Å². The summed E-state index contributed by atoms with van der Waals surface area (Å²) >= 11 is 5.87. The van der Waals surface area contributed by atoms with Crippen LogP contribution in [0.1, 0.15) is 51.0 Å². The van der Waals surface area contributed by atoms with Crippen LogP contribution in [0.4, 0.5) is 0 Å². The Hall–Kier alpha value is -0.610. The molecule has 2 unspecified atom stereocenters. The molecule has 1 aromatic heterocycles. The molecule has 2 heterocycles. The summed E-state index contributed by atoms with van der Waals surface area (Å²) in [5.41, 5.74) is 0. The second-order valence-corrected chi connectivity index (χ2v) is 4.90. The average Bonchev–Trinajstić information content (AvgIpc) is 2.82. The Balaban J connectivity index is 2.36. The average molecular weight is 244 g/mol. The minimum absolute atomic E-state index is 0.0758. The SMILES string of the molecule is CC1CCOC1c1nnc(CCl)n1C(C)C. The maximum atomic E-state index is 5.87. The van der Waals surface area contributed by atoms with Crippen molar-refractivity contribution >= 4 is 11.6 Å². The molecule has 2 atom stereocenters. The molecule has 0 spiro atoms. The summed E-state index contributed by atoms with van der Waals surface area (Å²) in [6.07, 6.45) is 1.16. The van der Waals surface area contributed by atoms with E-state index in [0.29, 0.717) is 17.8 Å². The molecule has 0 saturated carbocycles. The zero-order chi connectivity index (χ0) is 11.7. The molecule has 0 radical (unpaired) electrons. The Bertz CT molecular complexity index is 364. The van der Waals surface area contributed by atoms with Gasteiger partial charge in [-0.1, -0.05) is 6.92 Å². The first kappa shape index (κ1) is 11.9. The zero-order valence-electron chi connectivity index (χ0n) is 9.98. The molecule has 0 aromatic carbocycles. The Morgan fingerprint density at radius 2 is 2.25 bits per heavy atom. The molecule has 0 aliphatic carbocycles. The van der Waals surface area contributed by atoms with Crippen LogP contribution in [0.15, 0.2) is 0 Å². The predicted octanol–water partition coefficient (Wildman–Crippen LogP) is 2.70. The molecule has 1 aromatic rings. The largest absolute Gasteiger partial charge is 0.370 e. The summed E-state index contributed by atoms with van der Waals surface area (Å²) in [5, 5.41) is 8.38. The fourth-order valence-electron chi connectivity index (χ4n) is 2.21. The Kier molecular flexibility index (Phi) is 3.50. The molecule has 1 saturated heterocycles. The van der Waals surface area contributed by atoms with Gasteiger partial charge in [0.25, 0.3) is 0 Å². The number of hydrogen-bond donors (Lipinski definition) is 0. The van der Waals surface area contributed by atoms with E-state index in [1.807, 2.05) is 0 Å². The molecule has 2 rings (SSSR count). The number of alkyl halides is 1. The minimum Gasteiger partial charge on any atom is -0.370 e. The maximum Gasteiger partial charge on any atom is 0.162 e. The van der Waals surface area contributed by atoms with Gasteiger partial charge in [-0.05, 0) is 26.2 Å². The number of nitrogens with zero attached hydrogens (tertiary/aromatic N) is 3. The first-order chi connectivity index (χ1) is 7.65. The summed E-state index contributed by atoms with van der Waals surface area (Å²) in [5.74, 6) is 2.65. The van der Waals surface area contributed by atoms with Crippen LogP contribution < -0.4 is 0 Å². The Morgan fingerprint density at radius 3 is 2.75 bits per heavy atom. The third kappa shape index (κ3) is 1.96. The Morgan fingerprint density at radius 1 is 1.50 bits per heavy atom. The third-order valence-corrected chi connectivity index (χ3v) is 3.31. The molecular formula is C11H18ClN3O. The summed E-state index contributed by atoms with van der Waals surface area (Å²) in [4.78, 5) is 0. The van der Waals surface area contributed by atoms with Crippen molar-refractivity contribution < 1.29 is 4.74 Å². The smallest absolute Gasteiger partial charge is 0.162 e. The Labute approximate surface area is 101 Å². The highest BCUT2D eigenvalue weighted by atomic mass is 35.5. The topological polar surface area (TPSA) is 39.9 Å². The lowest BCUT2D eigenvalue weighted by Gasteiger charge is -2.18. The van der Waals surface area contributed by atoms with Gasteiger partial charge in [0.2, 0.25) is 0 Å². The van der Waals surface area contributed by atoms with Gasteiger partial charge in [0.05, 0.1) is 5.88 Å². The first-order valence-corrected chi connectivity index (χ1v) is 6.29. The third-order valence-electron chi connectivity index (χ3n) is 3.07. The van der Waals surface area contributed by atoms with Crippen molar-refractivity contribution in [2.24, 2.45) is 5.92 Å². The summed E-state index contributed by atoms with van der Waals surface area (Å²) in [6.45, 7) is 7.23. The molecule has 90 valence electrons. The van der Waals surface area contributed by atoms with Crippen LogP contribution in [-0.2, 0) is 10.6 Å². The normalized spacial score (nSPS) is 25.6. The zero-order valence-corrected chi connectivity index (χ0v) is 10.7. The number of rotatable bonds is 3. The van der Waals surface area contributed by atoms with Gasteiger partial charge in [-0.15, -0.1) is 21.8 Å². The van der Waals surface area contributed by atoms with Gasteiger partial charge < -0.3 is 9.30 Å². The highest BCUT2D eigenvalue weighted by Crippen LogP contribution is 2.34. The molecule has 1 fully saturated rings. The van der Waals surface area contributed by atoms with Crippen LogP contribution in [0.2, 0.25) is 0 Å². The van der Waals surface area contributed by atoms with Crippen molar-refractivity contribution in [1.29, 1.82) is 0 Å². The quantitative estimate of drug-likeness (QED) is 0.767. The lowest BCUT2D eigenvalue weighted by Crippen LogP contribution is -2.15. The monoisotopic (exact) mass is 243 g/mol. The molecule has 5 heteroatoms. The van der Waals surface area contributed by atoms with Gasteiger partial charge >= 0.3 is 0 Å². The van der Waals surface area contributed by atoms with E-state index in [1.54, 1.807) is 0 Å². The van der Waals surface area contributed by atoms with E-state index in [9.17, 15) is 0 Å². The first-order valence-electron chi connectivity index (χ1n) is 5.76. The molecular weight excluding hydrogens is 226 g/mol. The fraction of sp³-hybridized carbons (Fsp3) is 0.818. The number of aromatic nitrogens is 3. The second-order valence-electron chi connectivity index (χ2n) is 4.63. The van der Waals surface area contributed by atoms with Gasteiger partial charge in [-0.3, -0.25) is 0 Å². The van der Waals surface area contributed by atoms with Gasteiger partial charge in [-0.25, -0.2) is 0 Å². The van der Waals surface area contributed by atoms with Crippen LogP contribution in [0.5, 0.6) is 0 Å². The van der Waals surface area contributed by atoms with E-state index in [4.69, 9.17) is 16.3 Å². The summed E-state index contributed by atoms with van der Waals surface area (Å²) in [7, 11) is 0. The molecule has 4 nitrogen and oxygen atoms in total. The van der Waals surface area contributed by atoms with Crippen molar-refractivity contribution in [2.75, 3.05) is 6.61 Å². The highest BCUT2D eigenvalue weighted by molar-refractivity contribution is 6.16. The number of ether oxygens (including phenoxy) is 1. The minimum atomic E-state index is 0.0758. The van der Waals surface area contributed by atoms with Crippen LogP contribution in [-0.4, -0.2) is 21.4 Å². The molecule has 0 amide bonds. The van der Waals surface area contributed by atoms with Gasteiger partial charge in [0.1, 0.15) is 11.9 Å². The van der Waals surface area contributed by atoms with Crippen molar-refractivity contribution in [3.8, 4) is 0 Å². The van der Waals surface area contributed by atoms with Crippen LogP contribution in [0.25, 0.3) is 0 Å². The van der Waals surface area contributed by atoms with Crippen molar-refractivity contribution in [2.45, 2.75) is 45.2 Å². The standard InChI is InChI=1S/C11H18ClN3O/c1-7(2)15-9(6-12)13-14-11(15)10-8(3)4-5-16-10/h7-8,10H,4-6H2,1-3H3. The van der Waals surface area contributed by atoms with E-state index in [1.165, 1.54) is 0 Å². The molecule has 1 aliphatic rings. The number of hydrogen-bond acceptors (Lipinski definition) is 3. The molecule has 1 aliphatic heterocycles. The van der Waals surface area contributed by atoms with Crippen LogP contribution in [0, 0.1) is 5.92 Å². The molecule has 16 heavy (non-hydrogen) atoms. The van der Waals surface area contributed by atoms with Crippen LogP contribution in [0.3, 0.4) is 0 Å². The van der Waals surface area contributed by atoms with E-state index < -0.39 is 0 Å². The van der Waals surface area contributed by atoms with E-state index in [-0.39, 0.29) is 6.10 Å². The van der Waals surface area contributed by atoms with Crippen molar-refractivity contribution in [3.05, 3.63) is 11.6 Å². The molecule has 0 N–H and O–H groups in total. The summed E-state index contributed by atoms with van der Waals surface area (Å²) in [6, 6.07) is 0.315. The highest BCUT2D eigenvalue weighted by Gasteiger charge is 2.31. The maximum absolute atomic E-state index is 5.87. The van der Waals surface area contributed by atoms with Crippen molar-refractivity contribution in [3.63, 3.8) is 0 Å². The second kappa shape index (κ2) is 4.72. The van der Waals surface area contributed by atoms with Gasteiger partial charge in [-0.2, -0.15) is 0 Å². The number of halogens is 1. The predicted molar refractivity (Wildman–Crippen MR) is 62.4 cm³/mol. The molecule has 0 bridgehead atoms. The summed E-state index contributed by atoms with van der Waals surface area (Å²) < 4.78 is 7.83. The lowest BCUT2D eigenvalue weighted by molar-refractivity contribution is 0.0829. The van der Waals surface area contributed by atoms with Gasteiger partial charge in [0.15, 0.2) is 5.82 Å². The lowest BCUT2D eigenvalue weighted by atomic mass is 10.0. The van der Waals surface area contributed by atoms with E-state index in [0.717, 1.165) is 24.7 Å². The van der Waals surface area contributed by atoms with E-state index >= 15 is 0 Å². The van der Waals surface area contributed by atoms with Crippen molar-refractivity contribution in [1.82, 2.24) is 14.8 Å². The van der Waals surface area contributed by atoms with Crippen LogP contribution >= 0.6 is 11.6 Å². The van der Waals surface area contributed by atoms with Gasteiger partial charge in [0, 0.05) is 12.6 Å². The fourth-order valence-corrected chi connectivity index (χ4v) is 2.39.